The van der Waals surface area contributed by atoms with E-state index >= 15 is 0 Å². The number of fused-ring (bicyclic) bond motifs is 8. The Labute approximate surface area is 294 Å². The van der Waals surface area contributed by atoms with Crippen molar-refractivity contribution in [3.63, 3.8) is 0 Å². The molecule has 0 fully saturated rings. The molecule has 0 atom stereocenters. The molecule has 0 saturated carbocycles. The normalized spacial score (nSPS) is 12.1. The SMILES string of the molecule is c1ccc(-c2ccc3c(c2)c2cc(-c4ccccc4)ccc2n3-c2ccc(-c3cccc4c3c3cccc5c3n4-c3ccccc3O5)cc2)cc1. The van der Waals surface area contributed by atoms with E-state index in [-0.39, 0.29) is 0 Å². The first-order chi connectivity index (χ1) is 25.3. The average molecular weight is 651 g/mol. The van der Waals surface area contributed by atoms with Crippen LogP contribution in [0, 0.1) is 0 Å². The van der Waals surface area contributed by atoms with Crippen LogP contribution in [-0.4, -0.2) is 9.13 Å². The second-order valence-corrected chi connectivity index (χ2v) is 13.3. The summed E-state index contributed by atoms with van der Waals surface area (Å²) in [7, 11) is 0. The van der Waals surface area contributed by atoms with E-state index in [1.165, 1.54) is 71.5 Å². The fourth-order valence-corrected chi connectivity index (χ4v) is 8.22. The van der Waals surface area contributed by atoms with E-state index in [1.807, 2.05) is 12.1 Å². The molecular weight excluding hydrogens is 621 g/mol. The molecule has 51 heavy (non-hydrogen) atoms. The van der Waals surface area contributed by atoms with Gasteiger partial charge in [0.2, 0.25) is 0 Å². The summed E-state index contributed by atoms with van der Waals surface area (Å²) in [6, 6.07) is 65.5. The van der Waals surface area contributed by atoms with Crippen molar-refractivity contribution in [1.29, 1.82) is 0 Å². The Balaban J connectivity index is 1.09. The molecule has 3 nitrogen and oxygen atoms in total. The van der Waals surface area contributed by atoms with Gasteiger partial charge in [-0.25, -0.2) is 0 Å². The summed E-state index contributed by atoms with van der Waals surface area (Å²) in [5.41, 5.74) is 14.2. The van der Waals surface area contributed by atoms with Crippen LogP contribution >= 0.6 is 0 Å². The van der Waals surface area contributed by atoms with E-state index < -0.39 is 0 Å². The fourth-order valence-electron chi connectivity index (χ4n) is 8.22. The zero-order chi connectivity index (χ0) is 33.5. The first kappa shape index (κ1) is 28.0. The lowest BCUT2D eigenvalue weighted by atomic mass is 9.99. The molecule has 238 valence electrons. The van der Waals surface area contributed by atoms with Crippen molar-refractivity contribution in [1.82, 2.24) is 9.13 Å². The van der Waals surface area contributed by atoms with Crippen LogP contribution in [0.15, 0.2) is 182 Å². The van der Waals surface area contributed by atoms with E-state index in [0.717, 1.165) is 28.4 Å². The van der Waals surface area contributed by atoms with E-state index in [9.17, 15) is 0 Å². The predicted molar refractivity (Wildman–Crippen MR) is 212 cm³/mol. The summed E-state index contributed by atoms with van der Waals surface area (Å²) in [5, 5.41) is 4.92. The van der Waals surface area contributed by atoms with Gasteiger partial charge in [0, 0.05) is 27.2 Å². The number of benzene rings is 8. The van der Waals surface area contributed by atoms with Gasteiger partial charge in [-0.15, -0.1) is 0 Å². The number of ether oxygens (including phenoxy) is 1. The van der Waals surface area contributed by atoms with Gasteiger partial charge in [-0.1, -0.05) is 121 Å². The Bertz CT molecular complexity index is 2870. The zero-order valence-electron chi connectivity index (χ0n) is 27.6. The largest absolute Gasteiger partial charge is 0.453 e. The molecule has 0 bridgehead atoms. The highest BCUT2D eigenvalue weighted by Crippen LogP contribution is 2.47. The Morgan fingerprint density at radius 2 is 0.941 bits per heavy atom. The minimum atomic E-state index is 0.878. The van der Waals surface area contributed by atoms with Crippen LogP contribution < -0.4 is 4.74 Å². The first-order valence-electron chi connectivity index (χ1n) is 17.4. The molecule has 0 N–H and O–H groups in total. The molecular formula is C48H30N2O. The van der Waals surface area contributed by atoms with Gasteiger partial charge in [0.05, 0.1) is 27.8 Å². The number of nitrogens with zero attached hydrogens (tertiary/aromatic N) is 2. The molecule has 0 radical (unpaired) electrons. The van der Waals surface area contributed by atoms with Crippen LogP contribution in [0.3, 0.4) is 0 Å². The summed E-state index contributed by atoms with van der Waals surface area (Å²) in [4.78, 5) is 0. The topological polar surface area (TPSA) is 19.1 Å². The molecule has 11 rings (SSSR count). The van der Waals surface area contributed by atoms with Gasteiger partial charge in [0.25, 0.3) is 0 Å². The van der Waals surface area contributed by atoms with Crippen molar-refractivity contribution in [2.24, 2.45) is 0 Å². The number of rotatable bonds is 4. The molecule has 0 unspecified atom stereocenters. The highest BCUT2D eigenvalue weighted by Gasteiger charge is 2.25. The third-order valence-corrected chi connectivity index (χ3v) is 10.5. The third-order valence-electron chi connectivity index (χ3n) is 10.5. The molecule has 10 aromatic rings. The Morgan fingerprint density at radius 3 is 1.63 bits per heavy atom. The van der Waals surface area contributed by atoms with Crippen LogP contribution in [0.2, 0.25) is 0 Å². The maximum absolute atomic E-state index is 6.39. The smallest absolute Gasteiger partial charge is 0.152 e. The summed E-state index contributed by atoms with van der Waals surface area (Å²) in [6.45, 7) is 0. The lowest BCUT2D eigenvalue weighted by Gasteiger charge is -2.20. The standard InChI is InChI=1S/C48H30N2O/c1-3-11-31(12-4-1)34-23-27-41-39(29-34)40-30-35(32-13-5-2-6-14-32)24-28-42(40)49(41)36-25-21-33(22-26-36)37-15-9-18-44-47(37)38-16-10-20-46-48(38)50(44)43-17-7-8-19-45(43)51-46/h1-30H. The van der Waals surface area contributed by atoms with Crippen LogP contribution in [0.4, 0.5) is 0 Å². The van der Waals surface area contributed by atoms with Gasteiger partial charge in [0.15, 0.2) is 11.5 Å². The minimum absolute atomic E-state index is 0.878. The molecule has 3 heterocycles. The Morgan fingerprint density at radius 1 is 0.353 bits per heavy atom. The van der Waals surface area contributed by atoms with Crippen LogP contribution in [0.25, 0.3) is 88.4 Å². The van der Waals surface area contributed by atoms with Crippen molar-refractivity contribution >= 4 is 43.6 Å². The van der Waals surface area contributed by atoms with Crippen LogP contribution in [-0.2, 0) is 0 Å². The lowest BCUT2D eigenvalue weighted by molar-refractivity contribution is 0.476. The molecule has 1 aliphatic rings. The summed E-state index contributed by atoms with van der Waals surface area (Å²) >= 11 is 0. The number of aromatic nitrogens is 2. The highest BCUT2D eigenvalue weighted by molar-refractivity contribution is 6.18. The lowest BCUT2D eigenvalue weighted by Crippen LogP contribution is -2.03. The van der Waals surface area contributed by atoms with Crippen LogP contribution in [0.1, 0.15) is 0 Å². The molecule has 8 aromatic carbocycles. The quantitative estimate of drug-likeness (QED) is 0.185. The van der Waals surface area contributed by atoms with Crippen molar-refractivity contribution in [3.05, 3.63) is 182 Å². The fraction of sp³-hybridized carbons (Fsp3) is 0. The van der Waals surface area contributed by atoms with E-state index in [1.54, 1.807) is 0 Å². The van der Waals surface area contributed by atoms with Gasteiger partial charge in [0.1, 0.15) is 0 Å². The van der Waals surface area contributed by atoms with E-state index in [2.05, 4.69) is 179 Å². The molecule has 0 aliphatic carbocycles. The molecule has 1 aliphatic heterocycles. The second kappa shape index (κ2) is 10.8. The Hall–Kier alpha value is -6.84. The molecule has 0 saturated heterocycles. The number of hydrogen-bond acceptors (Lipinski definition) is 1. The Kier molecular flexibility index (Phi) is 5.96. The average Bonchev–Trinajstić information content (AvgIpc) is 3.72. The number of para-hydroxylation sites is 3. The molecule has 0 amide bonds. The van der Waals surface area contributed by atoms with E-state index in [0.29, 0.717) is 0 Å². The van der Waals surface area contributed by atoms with Crippen molar-refractivity contribution in [2.75, 3.05) is 0 Å². The van der Waals surface area contributed by atoms with Gasteiger partial charge >= 0.3 is 0 Å². The van der Waals surface area contributed by atoms with Gasteiger partial charge < -0.3 is 13.9 Å². The van der Waals surface area contributed by atoms with Crippen molar-refractivity contribution < 1.29 is 4.74 Å². The second-order valence-electron chi connectivity index (χ2n) is 13.3. The number of hydrogen-bond donors (Lipinski definition) is 0. The van der Waals surface area contributed by atoms with Crippen LogP contribution in [0.5, 0.6) is 11.5 Å². The van der Waals surface area contributed by atoms with Crippen molar-refractivity contribution in [2.45, 2.75) is 0 Å². The maximum Gasteiger partial charge on any atom is 0.152 e. The van der Waals surface area contributed by atoms with Crippen molar-refractivity contribution in [3.8, 4) is 56.3 Å². The third kappa shape index (κ3) is 4.19. The van der Waals surface area contributed by atoms with Gasteiger partial charge in [-0.2, -0.15) is 0 Å². The van der Waals surface area contributed by atoms with Gasteiger partial charge in [-0.05, 0) is 94.0 Å². The molecule has 0 spiro atoms. The summed E-state index contributed by atoms with van der Waals surface area (Å²) in [6.07, 6.45) is 0. The van der Waals surface area contributed by atoms with E-state index in [4.69, 9.17) is 4.74 Å². The first-order valence-corrected chi connectivity index (χ1v) is 17.4. The predicted octanol–water partition coefficient (Wildman–Crippen LogP) is 13.0. The molecule has 3 heteroatoms. The summed E-state index contributed by atoms with van der Waals surface area (Å²) in [5.74, 6) is 1.77. The maximum atomic E-state index is 6.39. The zero-order valence-corrected chi connectivity index (χ0v) is 27.6. The summed E-state index contributed by atoms with van der Waals surface area (Å²) < 4.78 is 11.2. The minimum Gasteiger partial charge on any atom is -0.453 e. The van der Waals surface area contributed by atoms with Gasteiger partial charge in [-0.3, -0.25) is 0 Å². The molecule has 2 aromatic heterocycles. The highest BCUT2D eigenvalue weighted by atomic mass is 16.5. The monoisotopic (exact) mass is 650 g/mol.